The Morgan fingerprint density at radius 1 is 1.12 bits per heavy atom. The van der Waals surface area contributed by atoms with Gasteiger partial charge in [-0.15, -0.1) is 0 Å². The Bertz CT molecular complexity index is 532. The lowest BCUT2D eigenvalue weighted by Crippen LogP contribution is -2.52. The number of β-amino-alcohol motifs (C(OH)–C–C–N with tert-alkyl or cyclic N) is 1. The first-order valence-corrected chi connectivity index (χ1v) is 9.64. The molecule has 0 aromatic heterocycles. The van der Waals surface area contributed by atoms with Crippen molar-refractivity contribution in [3.63, 3.8) is 0 Å². The maximum Gasteiger partial charge on any atom is 0.0682 e. The first-order valence-electron chi connectivity index (χ1n) is 9.26. The van der Waals surface area contributed by atoms with Crippen LogP contribution in [0.3, 0.4) is 0 Å². The van der Waals surface area contributed by atoms with E-state index < -0.39 is 0 Å². The van der Waals surface area contributed by atoms with Gasteiger partial charge in [0.1, 0.15) is 0 Å². The molecule has 4 heteroatoms. The Hall–Kier alpha value is -0.610. The monoisotopic (exact) mass is 350 g/mol. The molecular formula is C20H31ClN2O. The van der Waals surface area contributed by atoms with Crippen molar-refractivity contribution in [3.05, 3.63) is 34.9 Å². The van der Waals surface area contributed by atoms with Crippen molar-refractivity contribution in [1.82, 2.24) is 9.80 Å². The Kier molecular flexibility index (Phi) is 5.55. The van der Waals surface area contributed by atoms with Crippen LogP contribution in [-0.4, -0.2) is 58.3 Å². The van der Waals surface area contributed by atoms with Gasteiger partial charge in [0.25, 0.3) is 0 Å². The van der Waals surface area contributed by atoms with Gasteiger partial charge in [0.2, 0.25) is 0 Å². The summed E-state index contributed by atoms with van der Waals surface area (Å²) in [6, 6.07) is 9.23. The molecule has 1 aromatic rings. The third kappa shape index (κ3) is 4.32. The first-order chi connectivity index (χ1) is 11.3. The molecule has 2 heterocycles. The van der Waals surface area contributed by atoms with Crippen LogP contribution in [-0.2, 0) is 6.42 Å². The maximum absolute atomic E-state index is 10.2. The summed E-state index contributed by atoms with van der Waals surface area (Å²) in [6.07, 6.45) is 4.14. The minimum absolute atomic E-state index is 0.178. The smallest absolute Gasteiger partial charge is 0.0682 e. The van der Waals surface area contributed by atoms with Gasteiger partial charge in [-0.1, -0.05) is 23.7 Å². The molecule has 2 aliphatic rings. The number of hydrogen-bond acceptors (Lipinski definition) is 3. The molecule has 0 aliphatic carbocycles. The second-order valence-electron chi connectivity index (χ2n) is 8.46. The van der Waals surface area contributed by atoms with Gasteiger partial charge >= 0.3 is 0 Å². The van der Waals surface area contributed by atoms with Crippen molar-refractivity contribution < 1.29 is 5.11 Å². The average molecular weight is 351 g/mol. The van der Waals surface area contributed by atoms with Crippen LogP contribution in [0, 0.1) is 0 Å². The SMILES string of the molecule is CC(C)(C)N1CCC(N2C[C@@H](O)C[C@@H]2Cc2ccc(Cl)cc2)CC1. The molecule has 1 aromatic carbocycles. The number of benzene rings is 1. The molecule has 3 rings (SSSR count). The molecule has 0 radical (unpaired) electrons. The summed E-state index contributed by atoms with van der Waals surface area (Å²) in [5.41, 5.74) is 1.58. The normalized spacial score (nSPS) is 27.7. The van der Waals surface area contributed by atoms with Crippen molar-refractivity contribution in [2.45, 2.75) is 70.2 Å². The van der Waals surface area contributed by atoms with E-state index in [1.165, 1.54) is 18.4 Å². The lowest BCUT2D eigenvalue weighted by Gasteiger charge is -2.44. The predicted octanol–water partition coefficient (Wildman–Crippen LogP) is 3.58. The summed E-state index contributed by atoms with van der Waals surface area (Å²) >= 11 is 6.00. The van der Waals surface area contributed by atoms with Crippen molar-refractivity contribution in [3.8, 4) is 0 Å². The maximum atomic E-state index is 10.2. The topological polar surface area (TPSA) is 26.7 Å². The van der Waals surface area contributed by atoms with E-state index >= 15 is 0 Å². The molecule has 2 aliphatic heterocycles. The number of halogens is 1. The van der Waals surface area contributed by atoms with E-state index in [9.17, 15) is 5.11 Å². The van der Waals surface area contributed by atoms with Gasteiger partial charge in [-0.2, -0.15) is 0 Å². The largest absolute Gasteiger partial charge is 0.392 e. The fourth-order valence-corrected chi connectivity index (χ4v) is 4.45. The highest BCUT2D eigenvalue weighted by Crippen LogP contribution is 2.30. The van der Waals surface area contributed by atoms with Crippen molar-refractivity contribution in [2.24, 2.45) is 0 Å². The minimum atomic E-state index is -0.178. The number of likely N-dealkylation sites (tertiary alicyclic amines) is 2. The summed E-state index contributed by atoms with van der Waals surface area (Å²) in [6.45, 7) is 10.1. The second kappa shape index (κ2) is 7.33. The molecule has 2 saturated heterocycles. The molecule has 2 atom stereocenters. The lowest BCUT2D eigenvalue weighted by molar-refractivity contribution is 0.0475. The Morgan fingerprint density at radius 3 is 2.33 bits per heavy atom. The van der Waals surface area contributed by atoms with Gasteiger partial charge in [0.15, 0.2) is 0 Å². The van der Waals surface area contributed by atoms with E-state index in [1.807, 2.05) is 12.1 Å². The van der Waals surface area contributed by atoms with Gasteiger partial charge in [-0.25, -0.2) is 0 Å². The Labute approximate surface area is 151 Å². The predicted molar refractivity (Wildman–Crippen MR) is 101 cm³/mol. The lowest BCUT2D eigenvalue weighted by atomic mass is 9.95. The number of rotatable bonds is 3. The molecule has 0 saturated carbocycles. The third-order valence-electron chi connectivity index (χ3n) is 5.70. The van der Waals surface area contributed by atoms with Crippen molar-refractivity contribution >= 4 is 11.6 Å². The summed E-state index contributed by atoms with van der Waals surface area (Å²) in [5, 5.41) is 11.0. The zero-order valence-electron chi connectivity index (χ0n) is 15.2. The van der Waals surface area contributed by atoms with Crippen LogP contribution in [0.15, 0.2) is 24.3 Å². The van der Waals surface area contributed by atoms with Gasteiger partial charge in [-0.05, 0) is 64.2 Å². The minimum Gasteiger partial charge on any atom is -0.392 e. The van der Waals surface area contributed by atoms with E-state index in [2.05, 4.69) is 42.7 Å². The molecule has 2 fully saturated rings. The molecule has 24 heavy (non-hydrogen) atoms. The molecule has 0 unspecified atom stereocenters. The summed E-state index contributed by atoms with van der Waals surface area (Å²) < 4.78 is 0. The van der Waals surface area contributed by atoms with Crippen molar-refractivity contribution in [1.29, 1.82) is 0 Å². The molecule has 0 bridgehead atoms. The molecule has 1 N–H and O–H groups in total. The number of hydrogen-bond donors (Lipinski definition) is 1. The number of nitrogens with zero attached hydrogens (tertiary/aromatic N) is 2. The molecule has 3 nitrogen and oxygen atoms in total. The third-order valence-corrected chi connectivity index (χ3v) is 5.95. The summed E-state index contributed by atoms with van der Waals surface area (Å²) in [4.78, 5) is 5.17. The number of piperidine rings is 1. The van der Waals surface area contributed by atoms with Crippen LogP contribution in [0.4, 0.5) is 0 Å². The Morgan fingerprint density at radius 2 is 1.75 bits per heavy atom. The highest BCUT2D eigenvalue weighted by atomic mass is 35.5. The van der Waals surface area contributed by atoms with E-state index in [1.54, 1.807) is 0 Å². The fourth-order valence-electron chi connectivity index (χ4n) is 4.33. The summed E-state index contributed by atoms with van der Waals surface area (Å²) in [5.74, 6) is 0. The van der Waals surface area contributed by atoms with E-state index in [4.69, 9.17) is 11.6 Å². The highest BCUT2D eigenvalue weighted by molar-refractivity contribution is 6.30. The quantitative estimate of drug-likeness (QED) is 0.902. The second-order valence-corrected chi connectivity index (χ2v) is 8.90. The van der Waals surface area contributed by atoms with E-state index in [0.29, 0.717) is 12.1 Å². The zero-order chi connectivity index (χ0) is 17.3. The van der Waals surface area contributed by atoms with E-state index in [0.717, 1.165) is 37.5 Å². The number of aliphatic hydroxyl groups is 1. The zero-order valence-corrected chi connectivity index (χ0v) is 16.0. The highest BCUT2D eigenvalue weighted by Gasteiger charge is 2.38. The van der Waals surface area contributed by atoms with Crippen LogP contribution in [0.1, 0.15) is 45.6 Å². The van der Waals surface area contributed by atoms with Gasteiger partial charge in [0.05, 0.1) is 6.10 Å². The van der Waals surface area contributed by atoms with Crippen LogP contribution in [0.25, 0.3) is 0 Å². The number of aliphatic hydroxyl groups excluding tert-OH is 1. The van der Waals surface area contributed by atoms with E-state index in [-0.39, 0.29) is 11.6 Å². The molecule has 0 amide bonds. The summed E-state index contributed by atoms with van der Waals surface area (Å²) in [7, 11) is 0. The average Bonchev–Trinajstić information content (AvgIpc) is 2.89. The van der Waals surface area contributed by atoms with Crippen LogP contribution < -0.4 is 0 Å². The fraction of sp³-hybridized carbons (Fsp3) is 0.700. The molecule has 0 spiro atoms. The molecule has 134 valence electrons. The van der Waals surface area contributed by atoms with Gasteiger partial charge in [-0.3, -0.25) is 9.80 Å². The first kappa shape index (κ1) is 18.2. The van der Waals surface area contributed by atoms with Gasteiger partial charge < -0.3 is 5.11 Å². The molecular weight excluding hydrogens is 320 g/mol. The van der Waals surface area contributed by atoms with Crippen molar-refractivity contribution in [2.75, 3.05) is 19.6 Å². The van der Waals surface area contributed by atoms with Crippen LogP contribution in [0.2, 0.25) is 5.02 Å². The van der Waals surface area contributed by atoms with Crippen LogP contribution >= 0.6 is 11.6 Å². The van der Waals surface area contributed by atoms with Gasteiger partial charge in [0, 0.05) is 42.3 Å². The standard InChI is InChI=1S/C20H31ClN2O/c1-20(2,3)22-10-8-17(9-11-22)23-14-19(24)13-18(23)12-15-4-6-16(21)7-5-15/h4-7,17-19,24H,8-14H2,1-3H3/t18-,19-/m0/s1. The Balaban J connectivity index is 1.62. The van der Waals surface area contributed by atoms with Crippen LogP contribution in [0.5, 0.6) is 0 Å².